The van der Waals surface area contributed by atoms with Crippen LogP contribution in [0.15, 0.2) is 194 Å². The molecule has 274 valence electrons. The fourth-order valence-corrected chi connectivity index (χ4v) is 7.56. The Morgan fingerprint density at radius 2 is 0.679 bits per heavy atom. The van der Waals surface area contributed by atoms with E-state index in [2.05, 4.69) is 239 Å². The van der Waals surface area contributed by atoms with Gasteiger partial charge in [-0.3, -0.25) is 0 Å². The van der Waals surface area contributed by atoms with Gasteiger partial charge in [-0.25, -0.2) is 0 Å². The van der Waals surface area contributed by atoms with Crippen LogP contribution in [-0.2, 0) is 0 Å². The molecule has 0 amide bonds. The van der Waals surface area contributed by atoms with Crippen molar-refractivity contribution in [3.8, 4) is 33.4 Å². The van der Waals surface area contributed by atoms with E-state index < -0.39 is 0 Å². The summed E-state index contributed by atoms with van der Waals surface area (Å²) in [6, 6.07) is 70.9. The fourth-order valence-electron chi connectivity index (χ4n) is 7.56. The van der Waals surface area contributed by atoms with Gasteiger partial charge in [-0.05, 0) is 126 Å². The molecule has 0 aliphatic rings. The lowest BCUT2D eigenvalue weighted by atomic mass is 9.92. The van der Waals surface area contributed by atoms with Crippen molar-refractivity contribution in [1.29, 1.82) is 0 Å². The predicted molar refractivity (Wildman–Crippen MR) is 240 cm³/mol. The molecule has 0 aromatic heterocycles. The molecular weight excluding hydrogens is 677 g/mol. The molecule has 0 aliphatic carbocycles. The Balaban J connectivity index is 1.40. The molecule has 8 rings (SSSR count). The quantitative estimate of drug-likeness (QED) is 0.139. The third kappa shape index (κ3) is 7.65. The summed E-state index contributed by atoms with van der Waals surface area (Å²) in [6.07, 6.45) is 0. The summed E-state index contributed by atoms with van der Waals surface area (Å²) in [7, 11) is 0. The van der Waals surface area contributed by atoms with Crippen molar-refractivity contribution in [3.63, 3.8) is 0 Å². The first-order valence-corrected chi connectivity index (χ1v) is 19.6. The average Bonchev–Trinajstić information content (AvgIpc) is 3.23. The van der Waals surface area contributed by atoms with Crippen molar-refractivity contribution < 1.29 is 0 Å². The molecule has 56 heavy (non-hydrogen) atoms. The van der Waals surface area contributed by atoms with E-state index >= 15 is 0 Å². The predicted octanol–water partition coefficient (Wildman–Crippen LogP) is 15.7. The number of benzene rings is 8. The maximum Gasteiger partial charge on any atom is 0.0563 e. The molecular formula is C54H48N2. The highest BCUT2D eigenvalue weighted by molar-refractivity contribution is 5.99. The van der Waals surface area contributed by atoms with Crippen LogP contribution in [0.1, 0.15) is 42.0 Å². The van der Waals surface area contributed by atoms with Crippen molar-refractivity contribution in [3.05, 3.63) is 216 Å². The molecule has 0 N–H and O–H groups in total. The van der Waals surface area contributed by atoms with Crippen molar-refractivity contribution in [2.75, 3.05) is 9.80 Å². The summed E-state index contributed by atoms with van der Waals surface area (Å²) in [5.74, 6) is 0.379. The fraction of sp³-hybridized carbons (Fsp3) is 0.111. The second-order valence-corrected chi connectivity index (χ2v) is 15.1. The molecule has 2 nitrogen and oxygen atoms in total. The largest absolute Gasteiger partial charge is 0.310 e. The molecule has 0 fully saturated rings. The highest BCUT2D eigenvalue weighted by Crippen LogP contribution is 2.50. The minimum atomic E-state index is 0.379. The second kappa shape index (κ2) is 16.0. The molecule has 2 heteroatoms. The Morgan fingerprint density at radius 3 is 1.07 bits per heavy atom. The maximum atomic E-state index is 2.44. The van der Waals surface area contributed by atoms with Crippen LogP contribution in [0.25, 0.3) is 33.4 Å². The monoisotopic (exact) mass is 724 g/mol. The topological polar surface area (TPSA) is 6.48 Å². The Bertz CT molecular complexity index is 2380. The molecule has 0 bridgehead atoms. The van der Waals surface area contributed by atoms with Gasteiger partial charge in [0.05, 0.1) is 11.4 Å². The van der Waals surface area contributed by atoms with Crippen molar-refractivity contribution in [1.82, 2.24) is 0 Å². The van der Waals surface area contributed by atoms with Gasteiger partial charge in [0.25, 0.3) is 0 Å². The molecule has 8 aromatic carbocycles. The molecule has 8 aromatic rings. The zero-order valence-electron chi connectivity index (χ0n) is 32.9. The lowest BCUT2D eigenvalue weighted by Gasteiger charge is -2.34. The van der Waals surface area contributed by atoms with E-state index in [1.807, 2.05) is 0 Å². The Hall–Kier alpha value is -6.64. The van der Waals surface area contributed by atoms with Gasteiger partial charge in [-0.2, -0.15) is 0 Å². The lowest BCUT2D eigenvalue weighted by molar-refractivity contribution is 0.867. The Kier molecular flexibility index (Phi) is 10.4. The number of nitrogens with zero attached hydrogens (tertiary/aromatic N) is 2. The molecule has 0 aliphatic heterocycles. The van der Waals surface area contributed by atoms with Gasteiger partial charge in [0.2, 0.25) is 0 Å². The van der Waals surface area contributed by atoms with Crippen LogP contribution in [0.2, 0.25) is 0 Å². The van der Waals surface area contributed by atoms with Crippen molar-refractivity contribution >= 4 is 34.1 Å². The summed E-state index contributed by atoms with van der Waals surface area (Å²) in [4.78, 5) is 4.88. The smallest absolute Gasteiger partial charge is 0.0563 e. The van der Waals surface area contributed by atoms with E-state index in [1.54, 1.807) is 0 Å². The van der Waals surface area contributed by atoms with Crippen LogP contribution in [0.3, 0.4) is 0 Å². The highest BCUT2D eigenvalue weighted by atomic mass is 15.2. The zero-order valence-corrected chi connectivity index (χ0v) is 32.9. The Morgan fingerprint density at radius 1 is 0.321 bits per heavy atom. The van der Waals surface area contributed by atoms with Gasteiger partial charge in [0.15, 0.2) is 0 Å². The number of rotatable bonds is 10. The maximum absolute atomic E-state index is 2.44. The zero-order chi connectivity index (χ0) is 38.6. The summed E-state index contributed by atoms with van der Waals surface area (Å²) in [6.45, 7) is 11.1. The normalized spacial score (nSPS) is 11.1. The van der Waals surface area contributed by atoms with E-state index in [4.69, 9.17) is 0 Å². The molecule has 0 spiro atoms. The third-order valence-electron chi connectivity index (χ3n) is 10.6. The van der Waals surface area contributed by atoms with E-state index in [1.165, 1.54) is 55.6 Å². The molecule has 0 saturated heterocycles. The van der Waals surface area contributed by atoms with Gasteiger partial charge in [-0.1, -0.05) is 158 Å². The Labute approximate surface area is 333 Å². The standard InChI is InChI=1S/C54H48N2/c1-38(2)46-17-12-18-47(37-46)54-52(55(48-27-19-39(3)20-28-48)50-31-23-44(24-32-50)42-13-8-6-9-14-42)35-41(5)36-53(54)56(49-29-21-40(4)22-30-49)51-33-25-45(26-34-51)43-15-10-7-11-16-43/h6-38H,1-5H3. The van der Waals surface area contributed by atoms with Crippen LogP contribution in [-0.4, -0.2) is 0 Å². The van der Waals surface area contributed by atoms with Crippen molar-refractivity contribution in [2.24, 2.45) is 0 Å². The van der Waals surface area contributed by atoms with Gasteiger partial charge in [0, 0.05) is 28.3 Å². The van der Waals surface area contributed by atoms with Crippen molar-refractivity contribution in [2.45, 2.75) is 40.5 Å². The number of aryl methyl sites for hydroxylation is 3. The van der Waals surface area contributed by atoms with Gasteiger partial charge < -0.3 is 9.80 Å². The minimum Gasteiger partial charge on any atom is -0.310 e. The number of hydrogen-bond acceptors (Lipinski definition) is 2. The first kappa shape index (κ1) is 36.3. The first-order chi connectivity index (χ1) is 27.3. The lowest BCUT2D eigenvalue weighted by Crippen LogP contribution is -2.16. The van der Waals surface area contributed by atoms with Gasteiger partial charge in [-0.15, -0.1) is 0 Å². The third-order valence-corrected chi connectivity index (χ3v) is 10.6. The van der Waals surface area contributed by atoms with E-state index in [0.29, 0.717) is 5.92 Å². The van der Waals surface area contributed by atoms with Crippen LogP contribution in [0.5, 0.6) is 0 Å². The molecule has 0 saturated carbocycles. The second-order valence-electron chi connectivity index (χ2n) is 15.1. The molecule has 0 unspecified atom stereocenters. The van der Waals surface area contributed by atoms with E-state index in [9.17, 15) is 0 Å². The van der Waals surface area contributed by atoms with E-state index in [-0.39, 0.29) is 0 Å². The molecule has 0 atom stereocenters. The summed E-state index contributed by atoms with van der Waals surface area (Å²) >= 11 is 0. The summed E-state index contributed by atoms with van der Waals surface area (Å²) < 4.78 is 0. The van der Waals surface area contributed by atoms with Gasteiger partial charge in [0.1, 0.15) is 0 Å². The highest BCUT2D eigenvalue weighted by Gasteiger charge is 2.26. The number of hydrogen-bond donors (Lipinski definition) is 0. The van der Waals surface area contributed by atoms with Crippen LogP contribution >= 0.6 is 0 Å². The van der Waals surface area contributed by atoms with Crippen LogP contribution in [0.4, 0.5) is 34.1 Å². The van der Waals surface area contributed by atoms with Crippen LogP contribution in [0, 0.1) is 20.8 Å². The summed E-state index contributed by atoms with van der Waals surface area (Å²) in [5.41, 5.74) is 18.7. The number of anilines is 6. The van der Waals surface area contributed by atoms with E-state index in [0.717, 1.165) is 34.1 Å². The molecule has 0 heterocycles. The molecule has 0 radical (unpaired) electrons. The average molecular weight is 725 g/mol. The first-order valence-electron chi connectivity index (χ1n) is 19.6. The SMILES string of the molecule is Cc1ccc(N(c2ccc(-c3ccccc3)cc2)c2cc(C)cc(N(c3ccc(C)cc3)c3ccc(-c4ccccc4)cc3)c2-c2cccc(C(C)C)c2)cc1. The summed E-state index contributed by atoms with van der Waals surface area (Å²) in [5, 5.41) is 0. The minimum absolute atomic E-state index is 0.379. The van der Waals surface area contributed by atoms with Crippen LogP contribution < -0.4 is 9.80 Å². The van der Waals surface area contributed by atoms with Gasteiger partial charge >= 0.3 is 0 Å².